The van der Waals surface area contributed by atoms with E-state index in [1.807, 2.05) is 5.10 Å². The van der Waals surface area contributed by atoms with E-state index in [1.54, 1.807) is 0 Å². The van der Waals surface area contributed by atoms with E-state index in [0.29, 0.717) is 12.1 Å². The molecule has 0 saturated carbocycles. The fraction of sp³-hybridized carbons (Fsp3) is 0.111. The number of H-pyrrole nitrogens is 1. The third-order valence-corrected chi connectivity index (χ3v) is 3.76. The number of aromatic nitrogens is 3. The number of alkyl halides is 3. The molecular weight excluding hydrogens is 415 g/mol. The van der Waals surface area contributed by atoms with E-state index in [4.69, 9.17) is 0 Å². The summed E-state index contributed by atoms with van der Waals surface area (Å²) in [6.45, 7) is 0. The van der Waals surface area contributed by atoms with E-state index in [9.17, 15) is 31.5 Å². The van der Waals surface area contributed by atoms with E-state index < -0.39 is 41.3 Å². The largest absolute Gasteiger partial charge is 0.573 e. The second-order valence-corrected chi connectivity index (χ2v) is 5.82. The Labute approximate surface area is 164 Å². The molecule has 2 N–H and O–H groups in total. The Morgan fingerprint density at radius 3 is 2.47 bits per heavy atom. The molecule has 1 unspecified atom stereocenters. The highest BCUT2D eigenvalue weighted by molar-refractivity contribution is 5.92. The minimum absolute atomic E-state index is 0.114. The van der Waals surface area contributed by atoms with Crippen molar-refractivity contribution in [3.05, 3.63) is 87.6 Å². The highest BCUT2D eigenvalue weighted by atomic mass is 19.4. The average Bonchev–Trinajstić information content (AvgIpc) is 2.68. The number of benzene rings is 1. The van der Waals surface area contributed by atoms with Crippen LogP contribution in [0.15, 0.2) is 53.5 Å². The zero-order valence-electron chi connectivity index (χ0n) is 14.7. The Bertz CT molecular complexity index is 1110. The molecular formula is C18H11F5N4O3. The minimum Gasteiger partial charge on any atom is -0.403 e. The van der Waals surface area contributed by atoms with E-state index >= 15 is 0 Å². The summed E-state index contributed by atoms with van der Waals surface area (Å²) in [7, 11) is 0. The van der Waals surface area contributed by atoms with E-state index in [1.165, 1.54) is 12.3 Å². The number of nitrogens with zero attached hydrogens (tertiary/aromatic N) is 2. The molecule has 0 spiro atoms. The monoisotopic (exact) mass is 426 g/mol. The third kappa shape index (κ3) is 4.96. The number of aromatic amines is 1. The SMILES string of the molecule is O=C(NC(c1ccc(OC(F)(F)F)c(F)c1)c1ncccc1F)c1ccc(=O)[nH]n1. The Morgan fingerprint density at radius 2 is 1.87 bits per heavy atom. The number of nitrogens with one attached hydrogen (secondary N) is 2. The van der Waals surface area contributed by atoms with Crippen molar-refractivity contribution < 1.29 is 31.5 Å². The van der Waals surface area contributed by atoms with Gasteiger partial charge in [0.05, 0.1) is 6.04 Å². The second-order valence-electron chi connectivity index (χ2n) is 5.82. The van der Waals surface area contributed by atoms with Gasteiger partial charge in [-0.3, -0.25) is 14.6 Å². The first-order valence-electron chi connectivity index (χ1n) is 8.16. The van der Waals surface area contributed by atoms with Crippen molar-refractivity contribution in [2.45, 2.75) is 12.4 Å². The lowest BCUT2D eigenvalue weighted by atomic mass is 10.0. The van der Waals surface area contributed by atoms with Crippen LogP contribution in [-0.4, -0.2) is 27.5 Å². The lowest BCUT2D eigenvalue weighted by molar-refractivity contribution is -0.275. The van der Waals surface area contributed by atoms with Gasteiger partial charge in [0.2, 0.25) is 0 Å². The van der Waals surface area contributed by atoms with Crippen LogP contribution in [0.3, 0.4) is 0 Å². The second kappa shape index (κ2) is 8.27. The number of amides is 1. The molecule has 3 aromatic rings. The van der Waals surface area contributed by atoms with Crippen molar-refractivity contribution >= 4 is 5.91 Å². The van der Waals surface area contributed by atoms with Crippen molar-refractivity contribution in [1.29, 1.82) is 0 Å². The van der Waals surface area contributed by atoms with Crippen LogP contribution < -0.4 is 15.6 Å². The van der Waals surface area contributed by atoms with Gasteiger partial charge in [0.25, 0.3) is 11.5 Å². The van der Waals surface area contributed by atoms with Crippen LogP contribution in [0.1, 0.15) is 27.8 Å². The van der Waals surface area contributed by atoms with E-state index in [0.717, 1.165) is 24.3 Å². The molecule has 1 atom stereocenters. The molecule has 0 aliphatic carbocycles. The molecule has 0 aliphatic heterocycles. The molecule has 0 aliphatic rings. The van der Waals surface area contributed by atoms with Crippen molar-refractivity contribution in [2.75, 3.05) is 0 Å². The molecule has 2 heterocycles. The summed E-state index contributed by atoms with van der Waals surface area (Å²) >= 11 is 0. The predicted molar refractivity (Wildman–Crippen MR) is 91.4 cm³/mol. The Morgan fingerprint density at radius 1 is 1.10 bits per heavy atom. The van der Waals surface area contributed by atoms with E-state index in [2.05, 4.69) is 20.1 Å². The quantitative estimate of drug-likeness (QED) is 0.612. The van der Waals surface area contributed by atoms with Gasteiger partial charge in [0, 0.05) is 12.3 Å². The molecule has 0 bridgehead atoms. The van der Waals surface area contributed by atoms with Crippen molar-refractivity contribution in [1.82, 2.24) is 20.5 Å². The number of carbonyl (C=O) groups is 1. The first kappa shape index (κ1) is 20.9. The standard InChI is InChI=1S/C18H11F5N4O3/c19-10-2-1-7-24-16(10)15(25-17(29)12-4-6-14(28)27-26-12)9-3-5-13(11(20)8-9)30-18(21,22)23/h1-8,15H,(H,25,29)(H,27,28). The molecule has 7 nitrogen and oxygen atoms in total. The molecule has 1 amide bonds. The van der Waals surface area contributed by atoms with Crippen LogP contribution in [0.25, 0.3) is 0 Å². The maximum absolute atomic E-state index is 14.3. The van der Waals surface area contributed by atoms with Gasteiger partial charge in [0.1, 0.15) is 17.2 Å². The molecule has 0 radical (unpaired) electrons. The first-order valence-corrected chi connectivity index (χ1v) is 8.16. The molecule has 0 saturated heterocycles. The maximum atomic E-state index is 14.3. The summed E-state index contributed by atoms with van der Waals surface area (Å²) in [5.41, 5.74) is -1.24. The summed E-state index contributed by atoms with van der Waals surface area (Å²) in [6, 6.07) is 5.42. The number of ether oxygens (including phenoxy) is 1. The fourth-order valence-corrected chi connectivity index (χ4v) is 2.50. The van der Waals surface area contributed by atoms with Gasteiger partial charge < -0.3 is 10.1 Å². The van der Waals surface area contributed by atoms with Crippen molar-refractivity contribution in [3.63, 3.8) is 0 Å². The first-order chi connectivity index (χ1) is 14.1. The van der Waals surface area contributed by atoms with E-state index in [-0.39, 0.29) is 17.0 Å². The fourth-order valence-electron chi connectivity index (χ4n) is 2.50. The van der Waals surface area contributed by atoms with Gasteiger partial charge in [-0.05, 0) is 35.9 Å². The highest BCUT2D eigenvalue weighted by Gasteiger charge is 2.33. The van der Waals surface area contributed by atoms with Crippen LogP contribution in [0, 0.1) is 11.6 Å². The number of hydrogen-bond donors (Lipinski definition) is 2. The number of hydrogen-bond acceptors (Lipinski definition) is 5. The zero-order valence-corrected chi connectivity index (χ0v) is 14.7. The van der Waals surface area contributed by atoms with Crippen LogP contribution in [0.2, 0.25) is 0 Å². The van der Waals surface area contributed by atoms with Crippen molar-refractivity contribution in [2.24, 2.45) is 0 Å². The average molecular weight is 426 g/mol. The molecule has 156 valence electrons. The summed E-state index contributed by atoms with van der Waals surface area (Å²) in [5.74, 6) is -4.21. The molecule has 30 heavy (non-hydrogen) atoms. The summed E-state index contributed by atoms with van der Waals surface area (Å²) in [5, 5.41) is 7.94. The number of halogens is 5. The maximum Gasteiger partial charge on any atom is 0.573 e. The Kier molecular flexibility index (Phi) is 5.76. The van der Waals surface area contributed by atoms with Gasteiger partial charge in [-0.2, -0.15) is 5.10 Å². The third-order valence-electron chi connectivity index (χ3n) is 3.76. The summed E-state index contributed by atoms with van der Waals surface area (Å²) in [6.07, 6.45) is -3.90. The van der Waals surface area contributed by atoms with Crippen molar-refractivity contribution in [3.8, 4) is 5.75 Å². The topological polar surface area (TPSA) is 97.0 Å². The lowest BCUT2D eigenvalue weighted by Gasteiger charge is -2.20. The molecule has 0 fully saturated rings. The van der Waals surface area contributed by atoms with Gasteiger partial charge in [-0.1, -0.05) is 6.07 Å². The van der Waals surface area contributed by atoms with Crippen LogP contribution in [0.5, 0.6) is 5.75 Å². The zero-order chi connectivity index (χ0) is 21.9. The molecule has 3 rings (SSSR count). The predicted octanol–water partition coefficient (Wildman–Crippen LogP) is 2.86. The highest BCUT2D eigenvalue weighted by Crippen LogP contribution is 2.30. The van der Waals surface area contributed by atoms with Gasteiger partial charge >= 0.3 is 6.36 Å². The van der Waals surface area contributed by atoms with Gasteiger partial charge in [-0.25, -0.2) is 13.9 Å². The number of rotatable bonds is 5. The minimum atomic E-state index is -5.11. The van der Waals surface area contributed by atoms with Crippen LogP contribution >= 0.6 is 0 Å². The molecule has 1 aromatic carbocycles. The molecule has 12 heteroatoms. The van der Waals surface area contributed by atoms with Crippen LogP contribution in [0.4, 0.5) is 22.0 Å². The normalized spacial score (nSPS) is 12.3. The lowest BCUT2D eigenvalue weighted by Crippen LogP contribution is -2.32. The number of pyridine rings is 1. The Balaban J connectivity index is 1.99. The Hall–Kier alpha value is -3.83. The molecule has 2 aromatic heterocycles. The van der Waals surface area contributed by atoms with Gasteiger partial charge in [-0.15, -0.1) is 13.2 Å². The van der Waals surface area contributed by atoms with Gasteiger partial charge in [0.15, 0.2) is 11.6 Å². The summed E-state index contributed by atoms with van der Waals surface area (Å²) < 4.78 is 69.1. The summed E-state index contributed by atoms with van der Waals surface area (Å²) in [4.78, 5) is 27.4. The smallest absolute Gasteiger partial charge is 0.403 e. The number of carbonyl (C=O) groups excluding carboxylic acids is 1. The van der Waals surface area contributed by atoms with Crippen LogP contribution in [-0.2, 0) is 0 Å².